The van der Waals surface area contributed by atoms with E-state index in [1.165, 1.54) is 51.5 Å². The van der Waals surface area contributed by atoms with E-state index in [2.05, 4.69) is 34.9 Å². The number of ether oxygens (including phenoxy) is 3. The lowest BCUT2D eigenvalue weighted by molar-refractivity contribution is 0.0950. The minimum absolute atomic E-state index is 0.0982. The molecule has 38 heavy (non-hydrogen) atoms. The zero-order valence-electron chi connectivity index (χ0n) is 21.3. The van der Waals surface area contributed by atoms with Gasteiger partial charge in [0.05, 0.1) is 25.3 Å². The van der Waals surface area contributed by atoms with Crippen molar-refractivity contribution in [1.29, 1.82) is 0 Å². The maximum absolute atomic E-state index is 13.6. The second-order valence-corrected chi connectivity index (χ2v) is 11.2. The highest BCUT2D eigenvalue weighted by Crippen LogP contribution is 2.39. The fourth-order valence-electron chi connectivity index (χ4n) is 4.43. The molecule has 1 saturated carbocycles. The van der Waals surface area contributed by atoms with Crippen molar-refractivity contribution in [3.63, 3.8) is 0 Å². The van der Waals surface area contributed by atoms with Crippen molar-refractivity contribution in [3.05, 3.63) is 35.4 Å². The number of anilines is 1. The number of nitrogens with zero attached hydrogens (tertiary/aromatic N) is 7. The number of aromatic nitrogens is 7. The van der Waals surface area contributed by atoms with Crippen molar-refractivity contribution in [2.24, 2.45) is 0 Å². The smallest absolute Gasteiger partial charge is 0.245 e. The number of hydrogen-bond acceptors (Lipinski definition) is 12. The van der Waals surface area contributed by atoms with Crippen molar-refractivity contribution in [2.45, 2.75) is 56.0 Å². The van der Waals surface area contributed by atoms with Gasteiger partial charge in [-0.05, 0) is 19.8 Å². The van der Waals surface area contributed by atoms with Gasteiger partial charge in [0.2, 0.25) is 27.7 Å². The monoisotopic (exact) mass is 568 g/mol. The van der Waals surface area contributed by atoms with E-state index in [-0.39, 0.29) is 29.2 Å². The number of rotatable bonds is 10. The Balaban J connectivity index is 1.80. The molecule has 3 aromatic heterocycles. The standard InChI is InChI=1S/C22H29ClN8O6S/c1-12(17(35-2)18-24-9-13(23)10-25-18)38(33,34)30-22-29-28-19(14-7-5-6-8-15(14)32)31(22)16-20(36-3)26-11-27-21(16)37-4/h9-12,14-15,17,32H,5-8H2,1-4H3,(H,29,30)/t12?,14-,15-,17?/m1/s1. The van der Waals surface area contributed by atoms with Crippen LogP contribution in [0, 0.1) is 0 Å². The molecular formula is C22H29ClN8O6S. The number of aliphatic hydroxyl groups is 1. The van der Waals surface area contributed by atoms with Crippen LogP contribution in [0.4, 0.5) is 5.95 Å². The summed E-state index contributed by atoms with van der Waals surface area (Å²) in [5.74, 6) is 0.0704. The van der Waals surface area contributed by atoms with E-state index < -0.39 is 33.4 Å². The molecule has 4 atom stereocenters. The lowest BCUT2D eigenvalue weighted by Gasteiger charge is -2.28. The first kappa shape index (κ1) is 27.9. The Bertz CT molecular complexity index is 1330. The fraction of sp³-hybridized carbons (Fsp3) is 0.545. The van der Waals surface area contributed by atoms with E-state index in [1.807, 2.05) is 0 Å². The third kappa shape index (κ3) is 5.50. The van der Waals surface area contributed by atoms with Gasteiger partial charge in [-0.25, -0.2) is 18.4 Å². The van der Waals surface area contributed by atoms with Crippen LogP contribution in [0.15, 0.2) is 18.7 Å². The largest absolute Gasteiger partial charge is 0.479 e. The maximum atomic E-state index is 13.6. The van der Waals surface area contributed by atoms with Crippen molar-refractivity contribution >= 4 is 27.6 Å². The Morgan fingerprint density at radius 3 is 2.26 bits per heavy atom. The normalized spacial score (nSPS) is 19.5. The number of nitrogens with one attached hydrogen (secondary N) is 1. The summed E-state index contributed by atoms with van der Waals surface area (Å²) < 4.78 is 47.4. The van der Waals surface area contributed by atoms with Crippen molar-refractivity contribution < 1.29 is 27.7 Å². The second-order valence-electron chi connectivity index (χ2n) is 8.68. The molecule has 1 aliphatic rings. The van der Waals surface area contributed by atoms with Gasteiger partial charge in [0.15, 0.2) is 11.5 Å². The molecule has 0 bridgehead atoms. The van der Waals surface area contributed by atoms with Crippen molar-refractivity contribution in [3.8, 4) is 17.4 Å². The molecule has 0 amide bonds. The minimum Gasteiger partial charge on any atom is -0.479 e. The van der Waals surface area contributed by atoms with Crippen molar-refractivity contribution in [1.82, 2.24) is 34.7 Å². The minimum atomic E-state index is -4.18. The van der Waals surface area contributed by atoms with Crippen LogP contribution >= 0.6 is 11.6 Å². The predicted octanol–water partition coefficient (Wildman–Crippen LogP) is 2.05. The van der Waals surface area contributed by atoms with E-state index in [0.717, 1.165) is 12.8 Å². The quantitative estimate of drug-likeness (QED) is 0.364. The summed E-state index contributed by atoms with van der Waals surface area (Å²) in [4.78, 5) is 16.5. The molecule has 16 heteroatoms. The first-order chi connectivity index (χ1) is 18.2. The molecule has 206 valence electrons. The van der Waals surface area contributed by atoms with Gasteiger partial charge in [-0.2, -0.15) is 9.97 Å². The van der Waals surface area contributed by atoms with Gasteiger partial charge in [-0.3, -0.25) is 9.29 Å². The summed E-state index contributed by atoms with van der Waals surface area (Å²) in [6.07, 6.45) is 5.18. The van der Waals surface area contributed by atoms with E-state index in [9.17, 15) is 13.5 Å². The van der Waals surface area contributed by atoms with Gasteiger partial charge >= 0.3 is 0 Å². The highest BCUT2D eigenvalue weighted by Gasteiger charge is 2.37. The van der Waals surface area contributed by atoms with E-state index in [1.54, 1.807) is 0 Å². The average Bonchev–Trinajstić information content (AvgIpc) is 3.31. The average molecular weight is 569 g/mol. The van der Waals surface area contributed by atoms with E-state index in [0.29, 0.717) is 23.7 Å². The Kier molecular flexibility index (Phi) is 8.60. The molecule has 1 fully saturated rings. The molecule has 1 aliphatic carbocycles. The second kappa shape index (κ2) is 11.7. The zero-order valence-corrected chi connectivity index (χ0v) is 22.8. The van der Waals surface area contributed by atoms with Gasteiger partial charge in [-0.1, -0.05) is 24.4 Å². The summed E-state index contributed by atoms with van der Waals surface area (Å²) >= 11 is 5.88. The molecule has 14 nitrogen and oxygen atoms in total. The molecule has 2 N–H and O–H groups in total. The van der Waals surface area contributed by atoms with Gasteiger partial charge in [0, 0.05) is 25.4 Å². The van der Waals surface area contributed by atoms with Crippen LogP contribution in [0.1, 0.15) is 56.3 Å². The number of methoxy groups -OCH3 is 3. The van der Waals surface area contributed by atoms with E-state index >= 15 is 0 Å². The molecule has 3 heterocycles. The van der Waals surface area contributed by atoms with Crippen molar-refractivity contribution in [2.75, 3.05) is 26.1 Å². The molecule has 2 unspecified atom stereocenters. The topological polar surface area (TPSA) is 176 Å². The zero-order chi connectivity index (χ0) is 27.4. The van der Waals surface area contributed by atoms with Gasteiger partial charge in [0.25, 0.3) is 0 Å². The molecule has 3 aromatic rings. The molecule has 0 aromatic carbocycles. The highest BCUT2D eigenvalue weighted by molar-refractivity contribution is 7.93. The van der Waals surface area contributed by atoms with Gasteiger partial charge in [0.1, 0.15) is 23.5 Å². The first-order valence-electron chi connectivity index (χ1n) is 11.8. The van der Waals surface area contributed by atoms with E-state index in [4.69, 9.17) is 25.8 Å². The molecule has 4 rings (SSSR count). The lowest BCUT2D eigenvalue weighted by atomic mass is 9.86. The number of sulfonamides is 1. The molecule has 0 spiro atoms. The molecule has 0 radical (unpaired) electrons. The third-order valence-electron chi connectivity index (χ3n) is 6.41. The number of hydrogen-bond donors (Lipinski definition) is 2. The van der Waals surface area contributed by atoms with Crippen LogP contribution in [0.25, 0.3) is 5.69 Å². The van der Waals surface area contributed by atoms with Crippen LogP contribution in [0.5, 0.6) is 11.8 Å². The highest BCUT2D eigenvalue weighted by atomic mass is 35.5. The summed E-state index contributed by atoms with van der Waals surface area (Å²) in [5, 5.41) is 18.3. The summed E-state index contributed by atoms with van der Waals surface area (Å²) in [7, 11) is -0.00443. The predicted molar refractivity (Wildman–Crippen MR) is 136 cm³/mol. The fourth-order valence-corrected chi connectivity index (χ4v) is 5.66. The van der Waals surface area contributed by atoms with Crippen LogP contribution < -0.4 is 14.2 Å². The number of aliphatic hydroxyl groups excluding tert-OH is 1. The summed E-state index contributed by atoms with van der Waals surface area (Å²) in [6.45, 7) is 1.45. The summed E-state index contributed by atoms with van der Waals surface area (Å²) in [5.41, 5.74) is 0.185. The SMILES string of the molecule is COc1ncnc(OC)c1-n1c(NS(=O)(=O)C(C)C(OC)c2ncc(Cl)cn2)nnc1[C@@H]1CCCC[C@H]1O. The Labute approximate surface area is 224 Å². The van der Waals surface area contributed by atoms with Gasteiger partial charge < -0.3 is 19.3 Å². The Hall–Kier alpha value is -3.14. The van der Waals surface area contributed by atoms with Crippen LogP contribution in [0.3, 0.4) is 0 Å². The first-order valence-corrected chi connectivity index (χ1v) is 13.7. The third-order valence-corrected chi connectivity index (χ3v) is 8.30. The molecule has 0 saturated heterocycles. The molecule has 0 aliphatic heterocycles. The van der Waals surface area contributed by atoms with Crippen LogP contribution in [-0.4, -0.2) is 80.9 Å². The maximum Gasteiger partial charge on any atom is 0.245 e. The van der Waals surface area contributed by atoms with Crippen LogP contribution in [-0.2, 0) is 14.8 Å². The number of halogens is 1. The van der Waals surface area contributed by atoms with Crippen LogP contribution in [0.2, 0.25) is 5.02 Å². The Morgan fingerprint density at radius 1 is 1.05 bits per heavy atom. The van der Waals surface area contributed by atoms with Gasteiger partial charge in [-0.15, -0.1) is 10.2 Å². The lowest BCUT2D eigenvalue weighted by Crippen LogP contribution is -2.33. The molecular weight excluding hydrogens is 540 g/mol. The summed E-state index contributed by atoms with van der Waals surface area (Å²) in [6, 6.07) is 0. The Morgan fingerprint density at radius 2 is 1.68 bits per heavy atom.